The van der Waals surface area contributed by atoms with Crippen LogP contribution in [0.3, 0.4) is 0 Å². The molecular formula is C22H31NO. The molecule has 1 aromatic rings. The minimum absolute atomic E-state index is 0.0180. The van der Waals surface area contributed by atoms with Crippen LogP contribution in [0.2, 0.25) is 0 Å². The number of aliphatic hydroxyl groups excluding tert-OH is 1. The molecule has 1 fully saturated rings. The summed E-state index contributed by atoms with van der Waals surface area (Å²) < 4.78 is 0. The lowest BCUT2D eigenvalue weighted by molar-refractivity contribution is 0.153. The van der Waals surface area contributed by atoms with Crippen molar-refractivity contribution in [3.8, 4) is 6.07 Å². The number of hydrogen-bond donors (Lipinski definition) is 1. The van der Waals surface area contributed by atoms with Gasteiger partial charge in [-0.15, -0.1) is 0 Å². The van der Waals surface area contributed by atoms with Crippen molar-refractivity contribution >= 4 is 0 Å². The summed E-state index contributed by atoms with van der Waals surface area (Å²) >= 11 is 0. The Labute approximate surface area is 146 Å². The lowest BCUT2D eigenvalue weighted by Crippen LogP contribution is -2.18. The van der Waals surface area contributed by atoms with Gasteiger partial charge < -0.3 is 5.11 Å². The molecule has 1 N–H and O–H groups in total. The predicted octanol–water partition coefficient (Wildman–Crippen LogP) is 5.14. The molecule has 0 aromatic heterocycles. The summed E-state index contributed by atoms with van der Waals surface area (Å²) in [5.41, 5.74) is 4.24. The van der Waals surface area contributed by atoms with Crippen molar-refractivity contribution in [3.63, 3.8) is 0 Å². The van der Waals surface area contributed by atoms with Gasteiger partial charge in [0.15, 0.2) is 0 Å². The van der Waals surface area contributed by atoms with Gasteiger partial charge in [0.25, 0.3) is 0 Å². The quantitative estimate of drug-likeness (QED) is 0.705. The average molecular weight is 325 g/mol. The van der Waals surface area contributed by atoms with Crippen molar-refractivity contribution < 1.29 is 5.11 Å². The molecule has 3 rings (SSSR count). The van der Waals surface area contributed by atoms with Crippen LogP contribution >= 0.6 is 0 Å². The molecule has 2 aliphatic carbocycles. The molecule has 2 unspecified atom stereocenters. The molecule has 1 saturated carbocycles. The van der Waals surface area contributed by atoms with Gasteiger partial charge in [-0.2, -0.15) is 5.26 Å². The number of nitrogens with zero attached hydrogens (tertiary/aromatic N) is 1. The van der Waals surface area contributed by atoms with Gasteiger partial charge in [0.2, 0.25) is 0 Å². The van der Waals surface area contributed by atoms with Crippen LogP contribution in [0.25, 0.3) is 0 Å². The summed E-state index contributed by atoms with van der Waals surface area (Å²) in [6.07, 6.45) is 11.3. The van der Waals surface area contributed by atoms with E-state index in [2.05, 4.69) is 31.2 Å². The normalized spacial score (nSPS) is 28.7. The second-order valence-corrected chi connectivity index (χ2v) is 7.81. The Hall–Kier alpha value is -1.33. The van der Waals surface area contributed by atoms with E-state index in [4.69, 9.17) is 0 Å². The molecule has 2 nitrogen and oxygen atoms in total. The summed E-state index contributed by atoms with van der Waals surface area (Å²) in [5.74, 6) is 0.502. The van der Waals surface area contributed by atoms with Crippen LogP contribution in [0, 0.1) is 23.2 Å². The van der Waals surface area contributed by atoms with Crippen molar-refractivity contribution in [2.45, 2.75) is 83.2 Å². The number of benzene rings is 1. The second-order valence-electron chi connectivity index (χ2n) is 7.81. The molecule has 0 saturated heterocycles. The molecule has 0 amide bonds. The first-order chi connectivity index (χ1) is 11.7. The Morgan fingerprint density at radius 2 is 1.92 bits per heavy atom. The predicted molar refractivity (Wildman–Crippen MR) is 97.8 cm³/mol. The number of fused-ring (bicyclic) bond motifs is 1. The zero-order chi connectivity index (χ0) is 16.9. The average Bonchev–Trinajstić information content (AvgIpc) is 3.17. The van der Waals surface area contributed by atoms with Gasteiger partial charge in [0, 0.05) is 5.92 Å². The summed E-state index contributed by atoms with van der Waals surface area (Å²) in [6, 6.07) is 9.31. The third-order valence-corrected chi connectivity index (χ3v) is 6.20. The highest BCUT2D eigenvalue weighted by atomic mass is 16.3. The maximum atomic E-state index is 10.7. The Balaban J connectivity index is 1.72. The zero-order valence-electron chi connectivity index (χ0n) is 15.0. The lowest BCUT2D eigenvalue weighted by atomic mass is 9.80. The van der Waals surface area contributed by atoms with Crippen LogP contribution in [0.15, 0.2) is 18.2 Å². The molecule has 0 bridgehead atoms. The monoisotopic (exact) mass is 325 g/mol. The van der Waals surface area contributed by atoms with E-state index in [1.165, 1.54) is 68.1 Å². The first-order valence-corrected chi connectivity index (χ1v) is 9.94. The van der Waals surface area contributed by atoms with Crippen molar-refractivity contribution in [3.05, 3.63) is 34.9 Å². The number of hydrogen-bond acceptors (Lipinski definition) is 2. The highest BCUT2D eigenvalue weighted by Gasteiger charge is 2.43. The van der Waals surface area contributed by atoms with Gasteiger partial charge in [-0.3, -0.25) is 0 Å². The fourth-order valence-corrected chi connectivity index (χ4v) is 4.90. The smallest absolute Gasteiger partial charge is 0.0659 e. The summed E-state index contributed by atoms with van der Waals surface area (Å²) in [4.78, 5) is 0. The van der Waals surface area contributed by atoms with E-state index >= 15 is 0 Å². The van der Waals surface area contributed by atoms with Crippen LogP contribution < -0.4 is 0 Å². The van der Waals surface area contributed by atoms with Gasteiger partial charge in [-0.1, -0.05) is 57.2 Å². The second kappa shape index (κ2) is 8.17. The van der Waals surface area contributed by atoms with Crippen LogP contribution in [0.4, 0.5) is 0 Å². The molecule has 0 spiro atoms. The van der Waals surface area contributed by atoms with Gasteiger partial charge in [0.1, 0.15) is 0 Å². The lowest BCUT2D eigenvalue weighted by Gasteiger charge is -2.24. The molecule has 130 valence electrons. The van der Waals surface area contributed by atoms with Gasteiger partial charge >= 0.3 is 0 Å². The maximum Gasteiger partial charge on any atom is 0.0659 e. The molecule has 4 atom stereocenters. The maximum absolute atomic E-state index is 10.7. The van der Waals surface area contributed by atoms with Crippen LogP contribution in [-0.4, -0.2) is 11.2 Å². The van der Waals surface area contributed by atoms with Crippen molar-refractivity contribution in [2.75, 3.05) is 0 Å². The van der Waals surface area contributed by atoms with Gasteiger partial charge in [-0.25, -0.2) is 0 Å². The molecule has 24 heavy (non-hydrogen) atoms. The van der Waals surface area contributed by atoms with E-state index in [0.29, 0.717) is 12.3 Å². The van der Waals surface area contributed by atoms with E-state index in [-0.39, 0.29) is 17.9 Å². The Kier molecular flexibility index (Phi) is 5.95. The number of aryl methyl sites for hydroxylation is 2. The van der Waals surface area contributed by atoms with E-state index in [9.17, 15) is 10.4 Å². The SMILES string of the molecule is CCCCCCCC1C(c2ccc3c(c2)CCC3)[C@H](O)C[C@H]1C#N. The molecule has 0 radical (unpaired) electrons. The van der Waals surface area contributed by atoms with Gasteiger partial charge in [0.05, 0.1) is 18.1 Å². The third-order valence-electron chi connectivity index (χ3n) is 6.20. The Bertz CT molecular complexity index is 588. The van der Waals surface area contributed by atoms with Gasteiger partial charge in [-0.05, 0) is 54.7 Å². The van der Waals surface area contributed by atoms with Crippen molar-refractivity contribution in [1.82, 2.24) is 0 Å². The molecule has 1 aromatic carbocycles. The van der Waals surface area contributed by atoms with Crippen molar-refractivity contribution in [2.24, 2.45) is 11.8 Å². The molecular weight excluding hydrogens is 294 g/mol. The first kappa shape index (κ1) is 17.5. The van der Waals surface area contributed by atoms with E-state index < -0.39 is 0 Å². The fraction of sp³-hybridized carbons (Fsp3) is 0.682. The number of aliphatic hydroxyl groups is 1. The van der Waals surface area contributed by atoms with Crippen LogP contribution in [-0.2, 0) is 12.8 Å². The van der Waals surface area contributed by atoms with E-state index in [0.717, 1.165) is 6.42 Å². The zero-order valence-corrected chi connectivity index (χ0v) is 15.0. The standard InChI is InChI=1S/C22H31NO/c1-2-3-4-5-6-10-20-19(15-23)14-21(24)22(20)18-12-11-16-8-7-9-17(16)13-18/h11-13,19-22,24H,2-10,14H2,1H3/t19-,20?,21+,22?/m0/s1. The highest BCUT2D eigenvalue weighted by molar-refractivity contribution is 5.38. The molecule has 0 aliphatic heterocycles. The molecule has 2 heteroatoms. The minimum Gasteiger partial charge on any atom is -0.392 e. The molecule has 0 heterocycles. The van der Waals surface area contributed by atoms with Crippen LogP contribution in [0.5, 0.6) is 0 Å². The summed E-state index contributed by atoms with van der Waals surface area (Å²) in [7, 11) is 0. The summed E-state index contributed by atoms with van der Waals surface area (Å²) in [6.45, 7) is 2.24. The van der Waals surface area contributed by atoms with E-state index in [1.807, 2.05) is 0 Å². The Morgan fingerprint density at radius 3 is 2.71 bits per heavy atom. The topological polar surface area (TPSA) is 44.0 Å². The minimum atomic E-state index is -0.352. The largest absolute Gasteiger partial charge is 0.392 e. The Morgan fingerprint density at radius 1 is 1.12 bits per heavy atom. The fourth-order valence-electron chi connectivity index (χ4n) is 4.90. The third kappa shape index (κ3) is 3.67. The first-order valence-electron chi connectivity index (χ1n) is 9.94. The van der Waals surface area contributed by atoms with Crippen molar-refractivity contribution in [1.29, 1.82) is 5.26 Å². The molecule has 2 aliphatic rings. The van der Waals surface area contributed by atoms with E-state index in [1.54, 1.807) is 0 Å². The number of rotatable bonds is 7. The number of nitriles is 1. The van der Waals surface area contributed by atoms with Crippen LogP contribution in [0.1, 0.15) is 80.9 Å². The number of unbranched alkanes of at least 4 members (excludes halogenated alkanes) is 4. The highest BCUT2D eigenvalue weighted by Crippen LogP contribution is 2.46. The summed E-state index contributed by atoms with van der Waals surface area (Å²) in [5, 5.41) is 20.2.